The summed E-state index contributed by atoms with van der Waals surface area (Å²) in [5.41, 5.74) is -1.08. The molecule has 0 aliphatic rings. The van der Waals surface area contributed by atoms with Gasteiger partial charge in [-0.15, -0.1) is 0 Å². The lowest BCUT2D eigenvalue weighted by Gasteiger charge is -2.21. The smallest absolute Gasteiger partial charge is 0.330 e. The van der Waals surface area contributed by atoms with Crippen LogP contribution < -0.4 is 5.32 Å². The van der Waals surface area contributed by atoms with Crippen molar-refractivity contribution in [3.8, 4) is 0 Å². The maximum atomic E-state index is 13.0. The van der Waals surface area contributed by atoms with E-state index in [0.717, 1.165) is 12.1 Å². The van der Waals surface area contributed by atoms with Gasteiger partial charge in [-0.1, -0.05) is 35.9 Å². The molecule has 2 amide bonds. The highest BCUT2D eigenvalue weighted by Gasteiger charge is 2.33. The predicted molar refractivity (Wildman–Crippen MR) is 93.1 cm³/mol. The lowest BCUT2D eigenvalue weighted by atomic mass is 10.1. The Morgan fingerprint density at radius 2 is 1.69 bits per heavy atom. The fourth-order valence-corrected chi connectivity index (χ4v) is 2.55. The molecule has 4 nitrogen and oxygen atoms in total. The minimum atomic E-state index is -4.60. The lowest BCUT2D eigenvalue weighted by molar-refractivity contribution is -0.137. The van der Waals surface area contributed by atoms with Crippen LogP contribution in [0.2, 0.25) is 5.02 Å². The number of carbonyl (C=O) groups is 2. The number of rotatable bonds is 5. The maximum absolute atomic E-state index is 13.0. The van der Waals surface area contributed by atoms with Gasteiger partial charge in [0.1, 0.15) is 6.54 Å². The molecule has 2 aromatic carbocycles. The SMILES string of the molecule is CCN(CC(=O)Nc1ccccc1C(F)(F)F)C(=O)c1ccccc1Cl. The van der Waals surface area contributed by atoms with E-state index in [-0.39, 0.29) is 22.8 Å². The Hall–Kier alpha value is -2.54. The standard InChI is InChI=1S/C18H16ClF3N2O2/c1-2-24(17(26)12-7-3-5-9-14(12)19)11-16(25)23-15-10-6-4-8-13(15)18(20,21)22/h3-10H,2,11H2,1H3,(H,23,25). The number of hydrogen-bond acceptors (Lipinski definition) is 2. The van der Waals surface area contributed by atoms with Crippen LogP contribution in [0, 0.1) is 0 Å². The Kier molecular flexibility index (Phi) is 6.26. The molecule has 0 aliphatic carbocycles. The molecule has 0 radical (unpaired) electrons. The van der Waals surface area contributed by atoms with Gasteiger partial charge in [0, 0.05) is 6.54 Å². The molecule has 0 aromatic heterocycles. The third-order valence-corrected chi connectivity index (χ3v) is 3.94. The fourth-order valence-electron chi connectivity index (χ4n) is 2.33. The molecular weight excluding hydrogens is 369 g/mol. The van der Waals surface area contributed by atoms with Crippen LogP contribution in [0.1, 0.15) is 22.8 Å². The number of carbonyl (C=O) groups excluding carboxylic acids is 2. The summed E-state index contributed by atoms with van der Waals surface area (Å²) < 4.78 is 39.0. The van der Waals surface area contributed by atoms with Gasteiger partial charge in [0.25, 0.3) is 5.91 Å². The number of nitrogens with zero attached hydrogens (tertiary/aromatic N) is 1. The molecule has 1 N–H and O–H groups in total. The van der Waals surface area contributed by atoms with Gasteiger partial charge < -0.3 is 10.2 Å². The molecule has 0 aliphatic heterocycles. The van der Waals surface area contributed by atoms with Crippen molar-refractivity contribution in [3.63, 3.8) is 0 Å². The largest absolute Gasteiger partial charge is 0.418 e. The van der Waals surface area contributed by atoms with Crippen molar-refractivity contribution in [3.05, 3.63) is 64.7 Å². The van der Waals surface area contributed by atoms with Crippen LogP contribution in [0.15, 0.2) is 48.5 Å². The van der Waals surface area contributed by atoms with Crippen molar-refractivity contribution in [2.24, 2.45) is 0 Å². The topological polar surface area (TPSA) is 49.4 Å². The Balaban J connectivity index is 2.14. The average molecular weight is 385 g/mol. The van der Waals surface area contributed by atoms with Gasteiger partial charge in [-0.3, -0.25) is 9.59 Å². The zero-order valence-electron chi connectivity index (χ0n) is 13.8. The summed E-state index contributed by atoms with van der Waals surface area (Å²) >= 11 is 5.98. The molecule has 2 rings (SSSR count). The average Bonchev–Trinajstić information content (AvgIpc) is 2.59. The van der Waals surface area contributed by atoms with E-state index >= 15 is 0 Å². The van der Waals surface area contributed by atoms with Crippen LogP contribution in [-0.4, -0.2) is 29.8 Å². The van der Waals surface area contributed by atoms with Gasteiger partial charge in [0.15, 0.2) is 0 Å². The number of likely N-dealkylation sites (N-methyl/N-ethyl adjacent to an activating group) is 1. The van der Waals surface area contributed by atoms with Crippen LogP contribution in [0.4, 0.5) is 18.9 Å². The minimum absolute atomic E-state index is 0.193. The number of halogens is 4. The summed E-state index contributed by atoms with van der Waals surface area (Å²) in [5.74, 6) is -1.21. The second kappa shape index (κ2) is 8.23. The van der Waals surface area contributed by atoms with Crippen molar-refractivity contribution in [1.29, 1.82) is 0 Å². The first-order valence-corrected chi connectivity index (χ1v) is 8.11. The molecule has 0 fully saturated rings. The van der Waals surface area contributed by atoms with Crippen LogP contribution in [0.3, 0.4) is 0 Å². The van der Waals surface area contributed by atoms with Crippen LogP contribution in [0.5, 0.6) is 0 Å². The second-order valence-electron chi connectivity index (χ2n) is 5.39. The summed E-state index contributed by atoms with van der Waals surface area (Å²) in [4.78, 5) is 25.9. The van der Waals surface area contributed by atoms with Crippen molar-refractivity contribution < 1.29 is 22.8 Å². The first kappa shape index (κ1) is 19.8. The number of amides is 2. The van der Waals surface area contributed by atoms with Gasteiger partial charge in [-0.05, 0) is 31.2 Å². The maximum Gasteiger partial charge on any atom is 0.418 e. The monoisotopic (exact) mass is 384 g/mol. The van der Waals surface area contributed by atoms with E-state index in [1.54, 1.807) is 25.1 Å². The molecule has 0 saturated carbocycles. The summed E-state index contributed by atoms with van der Waals surface area (Å²) in [5, 5.41) is 2.45. The highest BCUT2D eigenvalue weighted by Crippen LogP contribution is 2.34. The van der Waals surface area contributed by atoms with Gasteiger partial charge in [0.2, 0.25) is 5.91 Å². The van der Waals surface area contributed by atoms with E-state index in [9.17, 15) is 22.8 Å². The third-order valence-electron chi connectivity index (χ3n) is 3.61. The summed E-state index contributed by atoms with van der Waals surface area (Å²) in [7, 11) is 0. The lowest BCUT2D eigenvalue weighted by Crippen LogP contribution is -2.38. The van der Waals surface area contributed by atoms with Crippen molar-refractivity contribution in [2.75, 3.05) is 18.4 Å². The highest BCUT2D eigenvalue weighted by molar-refractivity contribution is 6.33. The summed E-state index contributed by atoms with van der Waals surface area (Å²) in [6.45, 7) is 1.46. The van der Waals surface area contributed by atoms with E-state index in [1.807, 2.05) is 0 Å². The summed E-state index contributed by atoms with van der Waals surface area (Å²) in [6.07, 6.45) is -4.60. The number of nitrogens with one attached hydrogen (secondary N) is 1. The van der Waals surface area contributed by atoms with E-state index in [2.05, 4.69) is 5.32 Å². The molecule has 0 atom stereocenters. The van der Waals surface area contributed by atoms with Gasteiger partial charge in [-0.2, -0.15) is 13.2 Å². The normalized spacial score (nSPS) is 11.1. The van der Waals surface area contributed by atoms with E-state index < -0.39 is 30.1 Å². The Morgan fingerprint density at radius 3 is 2.31 bits per heavy atom. The number of alkyl halides is 3. The van der Waals surface area contributed by atoms with E-state index in [1.165, 1.54) is 23.1 Å². The molecule has 0 bridgehead atoms. The molecular formula is C18H16ClF3N2O2. The number of benzene rings is 2. The third kappa shape index (κ3) is 4.76. The summed E-state index contributed by atoms with van der Waals surface area (Å²) in [6, 6.07) is 11.0. The first-order valence-electron chi connectivity index (χ1n) is 7.74. The molecule has 2 aromatic rings. The van der Waals surface area contributed by atoms with E-state index in [4.69, 9.17) is 11.6 Å². The fraction of sp³-hybridized carbons (Fsp3) is 0.222. The highest BCUT2D eigenvalue weighted by atomic mass is 35.5. The molecule has 0 spiro atoms. The number of anilines is 1. The molecule has 0 unspecified atom stereocenters. The van der Waals surface area contributed by atoms with Crippen LogP contribution in [0.25, 0.3) is 0 Å². The zero-order valence-corrected chi connectivity index (χ0v) is 14.6. The Labute approximate surface area is 153 Å². The molecule has 8 heteroatoms. The predicted octanol–water partition coefficient (Wildman–Crippen LogP) is 4.46. The quantitative estimate of drug-likeness (QED) is 0.827. The molecule has 138 valence electrons. The number of hydrogen-bond donors (Lipinski definition) is 1. The van der Waals surface area contributed by atoms with Crippen LogP contribution in [-0.2, 0) is 11.0 Å². The van der Waals surface area contributed by atoms with Crippen LogP contribution >= 0.6 is 11.6 Å². The first-order chi connectivity index (χ1) is 12.2. The van der Waals surface area contributed by atoms with Crippen molar-refractivity contribution in [2.45, 2.75) is 13.1 Å². The van der Waals surface area contributed by atoms with Crippen molar-refractivity contribution >= 4 is 29.1 Å². The number of para-hydroxylation sites is 1. The minimum Gasteiger partial charge on any atom is -0.330 e. The second-order valence-corrected chi connectivity index (χ2v) is 5.80. The van der Waals surface area contributed by atoms with Gasteiger partial charge in [-0.25, -0.2) is 0 Å². The van der Waals surface area contributed by atoms with E-state index in [0.29, 0.717) is 0 Å². The zero-order chi connectivity index (χ0) is 19.3. The Bertz CT molecular complexity index is 809. The Morgan fingerprint density at radius 1 is 1.08 bits per heavy atom. The molecule has 26 heavy (non-hydrogen) atoms. The molecule has 0 heterocycles. The molecule has 0 saturated heterocycles. The van der Waals surface area contributed by atoms with Crippen molar-refractivity contribution in [1.82, 2.24) is 4.90 Å². The van der Waals surface area contributed by atoms with Gasteiger partial charge >= 0.3 is 6.18 Å². The van der Waals surface area contributed by atoms with Gasteiger partial charge in [0.05, 0.1) is 21.8 Å².